The van der Waals surface area contributed by atoms with Crippen LogP contribution in [0.15, 0.2) is 18.2 Å². The highest BCUT2D eigenvalue weighted by Crippen LogP contribution is 2.25. The predicted octanol–water partition coefficient (Wildman–Crippen LogP) is 3.11. The van der Waals surface area contributed by atoms with Gasteiger partial charge in [-0.05, 0) is 24.5 Å². The molecule has 0 unspecified atom stereocenters. The van der Waals surface area contributed by atoms with Gasteiger partial charge in [-0.25, -0.2) is 4.39 Å². The van der Waals surface area contributed by atoms with E-state index in [0.29, 0.717) is 6.54 Å². The third-order valence-electron chi connectivity index (χ3n) is 3.86. The van der Waals surface area contributed by atoms with Crippen LogP contribution in [0.3, 0.4) is 0 Å². The third-order valence-corrected chi connectivity index (χ3v) is 3.86. The minimum atomic E-state index is -0.542. The fourth-order valence-corrected chi connectivity index (χ4v) is 2.70. The molecule has 1 aromatic rings. The number of anilines is 1. The zero-order chi connectivity index (χ0) is 13.7. The fraction of sp³-hybridized carbons (Fsp3) is 0.533. The first kappa shape index (κ1) is 13.8. The Labute approximate surface area is 113 Å². The van der Waals surface area contributed by atoms with Crippen LogP contribution in [0.4, 0.5) is 10.1 Å². The summed E-state index contributed by atoms with van der Waals surface area (Å²) in [6, 6.07) is 4.31. The van der Waals surface area contributed by atoms with E-state index in [1.807, 2.05) is 0 Å². The molecule has 3 N–H and O–H groups in total. The van der Waals surface area contributed by atoms with Crippen molar-refractivity contribution in [2.24, 2.45) is 5.92 Å². The van der Waals surface area contributed by atoms with Gasteiger partial charge in [0, 0.05) is 6.54 Å². The van der Waals surface area contributed by atoms with Crippen molar-refractivity contribution in [3.63, 3.8) is 0 Å². The number of hydrogen-bond acceptors (Lipinski definition) is 2. The molecule has 2 rings (SSSR count). The van der Waals surface area contributed by atoms with E-state index in [1.165, 1.54) is 44.2 Å². The molecule has 0 aromatic heterocycles. The van der Waals surface area contributed by atoms with Crippen molar-refractivity contribution >= 4 is 11.6 Å². The van der Waals surface area contributed by atoms with Crippen molar-refractivity contribution in [3.8, 4) is 0 Å². The van der Waals surface area contributed by atoms with Crippen LogP contribution in [0.1, 0.15) is 48.9 Å². The average molecular weight is 264 g/mol. The number of nitrogens with one attached hydrogen (secondary N) is 1. The standard InChI is InChI=1S/C15H21FN2O/c16-13-8-4-7-12(14(13)17)15(19)18-10-9-11-5-2-1-3-6-11/h4,7-8,11H,1-3,5-6,9-10,17H2,(H,18,19). The van der Waals surface area contributed by atoms with Crippen LogP contribution in [0.25, 0.3) is 0 Å². The lowest BCUT2D eigenvalue weighted by atomic mass is 9.87. The zero-order valence-corrected chi connectivity index (χ0v) is 11.1. The molecule has 0 heterocycles. The Balaban J connectivity index is 1.82. The summed E-state index contributed by atoms with van der Waals surface area (Å²) in [6.07, 6.45) is 7.46. The van der Waals surface area contributed by atoms with Gasteiger partial charge in [0.1, 0.15) is 5.82 Å². The smallest absolute Gasteiger partial charge is 0.253 e. The molecule has 1 aromatic carbocycles. The molecule has 19 heavy (non-hydrogen) atoms. The molecule has 0 bridgehead atoms. The van der Waals surface area contributed by atoms with Crippen LogP contribution in [-0.4, -0.2) is 12.5 Å². The molecule has 0 radical (unpaired) electrons. The van der Waals surface area contributed by atoms with E-state index in [9.17, 15) is 9.18 Å². The third kappa shape index (κ3) is 3.69. The monoisotopic (exact) mass is 264 g/mol. The van der Waals surface area contributed by atoms with Crippen LogP contribution >= 0.6 is 0 Å². The highest BCUT2D eigenvalue weighted by atomic mass is 19.1. The maximum Gasteiger partial charge on any atom is 0.253 e. The van der Waals surface area contributed by atoms with Gasteiger partial charge in [-0.1, -0.05) is 38.2 Å². The summed E-state index contributed by atoms with van der Waals surface area (Å²) >= 11 is 0. The summed E-state index contributed by atoms with van der Waals surface area (Å²) in [6.45, 7) is 0.638. The van der Waals surface area contributed by atoms with Gasteiger partial charge >= 0.3 is 0 Å². The first-order valence-electron chi connectivity index (χ1n) is 7.00. The first-order valence-corrected chi connectivity index (χ1v) is 7.00. The molecule has 3 nitrogen and oxygen atoms in total. The van der Waals surface area contributed by atoms with Gasteiger partial charge in [-0.3, -0.25) is 4.79 Å². The number of amides is 1. The minimum Gasteiger partial charge on any atom is -0.396 e. The van der Waals surface area contributed by atoms with Crippen molar-refractivity contribution in [2.45, 2.75) is 38.5 Å². The first-order chi connectivity index (χ1) is 9.18. The number of carbonyl (C=O) groups is 1. The van der Waals surface area contributed by atoms with Gasteiger partial charge in [0.05, 0.1) is 11.3 Å². The molecule has 1 aliphatic carbocycles. The van der Waals surface area contributed by atoms with E-state index < -0.39 is 5.82 Å². The lowest BCUT2D eigenvalue weighted by Crippen LogP contribution is -2.27. The average Bonchev–Trinajstić information content (AvgIpc) is 2.43. The summed E-state index contributed by atoms with van der Waals surface area (Å²) in [7, 11) is 0. The molecule has 1 aliphatic rings. The Morgan fingerprint density at radius 1 is 1.32 bits per heavy atom. The maximum atomic E-state index is 13.2. The molecule has 1 amide bonds. The summed E-state index contributed by atoms with van der Waals surface area (Å²) < 4.78 is 13.2. The molecule has 0 aliphatic heterocycles. The van der Waals surface area contributed by atoms with Crippen molar-refractivity contribution in [3.05, 3.63) is 29.6 Å². The lowest BCUT2D eigenvalue weighted by molar-refractivity contribution is 0.0951. The minimum absolute atomic E-state index is 0.0716. The van der Waals surface area contributed by atoms with Gasteiger partial charge in [0.15, 0.2) is 0 Å². The lowest BCUT2D eigenvalue weighted by Gasteiger charge is -2.21. The summed E-state index contributed by atoms with van der Waals surface area (Å²) in [5, 5.41) is 2.83. The van der Waals surface area contributed by atoms with Crippen LogP contribution < -0.4 is 11.1 Å². The van der Waals surface area contributed by atoms with Crippen LogP contribution in [-0.2, 0) is 0 Å². The summed E-state index contributed by atoms with van der Waals surface area (Å²) in [5.41, 5.74) is 5.72. The SMILES string of the molecule is Nc1c(F)cccc1C(=O)NCCC1CCCCC1. The molecule has 4 heteroatoms. The van der Waals surface area contributed by atoms with Crippen molar-refractivity contribution in [2.75, 3.05) is 12.3 Å². The normalized spacial score (nSPS) is 16.3. The second kappa shape index (κ2) is 6.55. The second-order valence-electron chi connectivity index (χ2n) is 5.25. The summed E-state index contributed by atoms with van der Waals surface area (Å²) in [5.74, 6) is -0.105. The maximum absolute atomic E-state index is 13.2. The molecular formula is C15H21FN2O. The number of hydrogen-bond donors (Lipinski definition) is 2. The van der Waals surface area contributed by atoms with Crippen LogP contribution in [0.5, 0.6) is 0 Å². The molecule has 0 saturated heterocycles. The number of benzene rings is 1. The van der Waals surface area contributed by atoms with E-state index >= 15 is 0 Å². The highest BCUT2D eigenvalue weighted by molar-refractivity contribution is 5.99. The largest absolute Gasteiger partial charge is 0.396 e. The Hall–Kier alpha value is -1.58. The van der Waals surface area contributed by atoms with Crippen molar-refractivity contribution in [1.29, 1.82) is 0 Å². The van der Waals surface area contributed by atoms with Gasteiger partial charge in [0.2, 0.25) is 0 Å². The number of nitrogen functional groups attached to an aromatic ring is 1. The van der Waals surface area contributed by atoms with Gasteiger partial charge in [-0.15, -0.1) is 0 Å². The van der Waals surface area contributed by atoms with Crippen molar-refractivity contribution < 1.29 is 9.18 Å². The van der Waals surface area contributed by atoms with Gasteiger partial charge in [-0.2, -0.15) is 0 Å². The van der Waals surface area contributed by atoms with E-state index in [0.717, 1.165) is 12.3 Å². The predicted molar refractivity (Wildman–Crippen MR) is 74.3 cm³/mol. The van der Waals surface area contributed by atoms with Gasteiger partial charge < -0.3 is 11.1 Å². The molecular weight excluding hydrogens is 243 g/mol. The van der Waals surface area contributed by atoms with E-state index in [2.05, 4.69) is 5.32 Å². The number of para-hydroxylation sites is 1. The topological polar surface area (TPSA) is 55.1 Å². The Kier molecular flexibility index (Phi) is 4.77. The van der Waals surface area contributed by atoms with E-state index in [4.69, 9.17) is 5.73 Å². The molecule has 0 spiro atoms. The van der Waals surface area contributed by atoms with E-state index in [1.54, 1.807) is 6.07 Å². The number of halogens is 1. The molecule has 104 valence electrons. The second-order valence-corrected chi connectivity index (χ2v) is 5.25. The Morgan fingerprint density at radius 2 is 2.05 bits per heavy atom. The van der Waals surface area contributed by atoms with Crippen molar-refractivity contribution in [1.82, 2.24) is 5.32 Å². The fourth-order valence-electron chi connectivity index (χ4n) is 2.70. The zero-order valence-electron chi connectivity index (χ0n) is 11.1. The van der Waals surface area contributed by atoms with Crippen LogP contribution in [0.2, 0.25) is 0 Å². The molecule has 1 fully saturated rings. The molecule has 0 atom stereocenters. The number of carbonyl (C=O) groups excluding carboxylic acids is 1. The number of rotatable bonds is 4. The quantitative estimate of drug-likeness (QED) is 0.821. The number of nitrogens with two attached hydrogens (primary N) is 1. The Bertz CT molecular complexity index is 442. The molecule has 1 saturated carbocycles. The Morgan fingerprint density at radius 3 is 2.79 bits per heavy atom. The summed E-state index contributed by atoms with van der Waals surface area (Å²) in [4.78, 5) is 11.9. The highest BCUT2D eigenvalue weighted by Gasteiger charge is 2.15. The van der Waals surface area contributed by atoms with Crippen LogP contribution in [0, 0.1) is 11.7 Å². The van der Waals surface area contributed by atoms with E-state index in [-0.39, 0.29) is 17.2 Å². The van der Waals surface area contributed by atoms with Gasteiger partial charge in [0.25, 0.3) is 5.91 Å².